The Hall–Kier alpha value is -3.49. The number of pyridine rings is 2. The van der Waals surface area contributed by atoms with Gasteiger partial charge in [0.05, 0.1) is 5.56 Å². The van der Waals surface area contributed by atoms with E-state index in [1.54, 1.807) is 49.7 Å². The molecule has 0 aromatic carbocycles. The smallest absolute Gasteiger partial charge is 0.319 e. The van der Waals surface area contributed by atoms with Crippen molar-refractivity contribution in [2.24, 2.45) is 0 Å². The molecule has 1 unspecified atom stereocenters. The zero-order valence-electron chi connectivity index (χ0n) is 16.4. The number of carbonyl (C=O) groups is 2. The molecule has 0 bridgehead atoms. The van der Waals surface area contributed by atoms with Crippen LogP contribution in [0, 0.1) is 0 Å². The Morgan fingerprint density at radius 1 is 1.24 bits per heavy atom. The first-order chi connectivity index (χ1) is 14.0. The average molecular weight is 393 g/mol. The minimum atomic E-state index is -0.175. The lowest BCUT2D eigenvalue weighted by molar-refractivity contribution is 0.0950. The summed E-state index contributed by atoms with van der Waals surface area (Å²) in [6, 6.07) is 7.27. The van der Waals surface area contributed by atoms with Gasteiger partial charge in [0.1, 0.15) is 5.82 Å². The predicted octanol–water partition coefficient (Wildman–Crippen LogP) is 1.53. The molecular weight excluding hydrogens is 370 g/mol. The van der Waals surface area contributed by atoms with Crippen LogP contribution in [0.25, 0.3) is 5.65 Å². The zero-order chi connectivity index (χ0) is 20.4. The Kier molecular flexibility index (Phi) is 5.11. The lowest BCUT2D eigenvalue weighted by atomic mass is 10.1. The first kappa shape index (κ1) is 18.9. The fraction of sp³-hybridized carbons (Fsp3) is 0.350. The first-order valence-corrected chi connectivity index (χ1v) is 9.51. The molecular formula is C20H23N7O2. The number of nitrogens with one attached hydrogen (secondary N) is 1. The maximum atomic E-state index is 12.6. The van der Waals surface area contributed by atoms with E-state index in [0.29, 0.717) is 30.8 Å². The molecule has 3 amide bonds. The molecule has 0 saturated carbocycles. The van der Waals surface area contributed by atoms with Crippen molar-refractivity contribution in [3.05, 3.63) is 59.8 Å². The molecule has 0 spiro atoms. The molecule has 1 fully saturated rings. The largest absolute Gasteiger partial charge is 0.348 e. The topological polar surface area (TPSA) is 95.7 Å². The van der Waals surface area contributed by atoms with Gasteiger partial charge in [0.15, 0.2) is 5.65 Å². The minimum absolute atomic E-state index is 0.00297. The summed E-state index contributed by atoms with van der Waals surface area (Å²) in [6.07, 6.45) is 6.00. The third-order valence-electron chi connectivity index (χ3n) is 5.07. The van der Waals surface area contributed by atoms with Gasteiger partial charge in [-0.25, -0.2) is 4.79 Å². The SMILES string of the molecule is CN(C)C(=O)N1CCC(c2nnc3ccc(C(=O)NCc4cccnc4)cn23)C1. The molecule has 1 aliphatic heterocycles. The zero-order valence-corrected chi connectivity index (χ0v) is 16.4. The van der Waals surface area contributed by atoms with E-state index < -0.39 is 0 Å². The Labute approximate surface area is 168 Å². The van der Waals surface area contributed by atoms with E-state index in [2.05, 4.69) is 20.5 Å². The number of rotatable bonds is 4. The second-order valence-corrected chi connectivity index (χ2v) is 7.36. The fourth-order valence-electron chi connectivity index (χ4n) is 3.54. The molecule has 3 aromatic heterocycles. The molecule has 4 rings (SSSR count). The molecule has 9 nitrogen and oxygen atoms in total. The van der Waals surface area contributed by atoms with Crippen molar-refractivity contribution < 1.29 is 9.59 Å². The van der Waals surface area contributed by atoms with E-state index in [1.165, 1.54) is 0 Å². The van der Waals surface area contributed by atoms with Crippen LogP contribution in [0.1, 0.15) is 34.1 Å². The van der Waals surface area contributed by atoms with Gasteiger partial charge in [0.25, 0.3) is 5.91 Å². The molecule has 29 heavy (non-hydrogen) atoms. The quantitative estimate of drug-likeness (QED) is 0.725. The molecule has 0 aliphatic carbocycles. The molecule has 4 heterocycles. The van der Waals surface area contributed by atoms with Crippen molar-refractivity contribution >= 4 is 17.6 Å². The monoisotopic (exact) mass is 393 g/mol. The fourth-order valence-corrected chi connectivity index (χ4v) is 3.54. The summed E-state index contributed by atoms with van der Waals surface area (Å²) in [6.45, 7) is 1.68. The average Bonchev–Trinajstić information content (AvgIpc) is 3.38. The first-order valence-electron chi connectivity index (χ1n) is 9.51. The highest BCUT2D eigenvalue weighted by molar-refractivity contribution is 5.94. The number of nitrogens with zero attached hydrogens (tertiary/aromatic N) is 6. The Bertz CT molecular complexity index is 1030. The lowest BCUT2D eigenvalue weighted by Gasteiger charge is -2.21. The van der Waals surface area contributed by atoms with E-state index in [1.807, 2.05) is 21.4 Å². The molecule has 1 atom stereocenters. The summed E-state index contributed by atoms with van der Waals surface area (Å²) < 4.78 is 1.85. The van der Waals surface area contributed by atoms with Crippen molar-refractivity contribution in [3.8, 4) is 0 Å². The van der Waals surface area contributed by atoms with E-state index in [9.17, 15) is 9.59 Å². The van der Waals surface area contributed by atoms with E-state index in [4.69, 9.17) is 0 Å². The van der Waals surface area contributed by atoms with Crippen LogP contribution in [0.15, 0.2) is 42.9 Å². The van der Waals surface area contributed by atoms with Crippen LogP contribution in [0.2, 0.25) is 0 Å². The number of aromatic nitrogens is 4. The van der Waals surface area contributed by atoms with Crippen molar-refractivity contribution in [1.29, 1.82) is 0 Å². The van der Waals surface area contributed by atoms with E-state index in [-0.39, 0.29) is 17.9 Å². The van der Waals surface area contributed by atoms with Gasteiger partial charge in [0.2, 0.25) is 0 Å². The van der Waals surface area contributed by atoms with Crippen molar-refractivity contribution in [1.82, 2.24) is 34.7 Å². The standard InChI is InChI=1S/C20H23N7O2/c1-25(2)20(29)26-9-7-15(12-26)18-24-23-17-6-5-16(13-27(17)18)19(28)22-11-14-4-3-8-21-10-14/h3-6,8,10,13,15H,7,9,11-12H2,1-2H3,(H,22,28). The molecule has 1 aliphatic rings. The summed E-state index contributed by atoms with van der Waals surface area (Å²) in [7, 11) is 3.50. The second kappa shape index (κ2) is 7.86. The van der Waals surface area contributed by atoms with Gasteiger partial charge >= 0.3 is 6.03 Å². The number of hydrogen-bond donors (Lipinski definition) is 1. The summed E-state index contributed by atoms with van der Waals surface area (Å²) in [5, 5.41) is 11.5. The summed E-state index contributed by atoms with van der Waals surface area (Å²) >= 11 is 0. The molecule has 1 saturated heterocycles. The van der Waals surface area contributed by atoms with Crippen molar-refractivity contribution in [2.45, 2.75) is 18.9 Å². The predicted molar refractivity (Wildman–Crippen MR) is 106 cm³/mol. The van der Waals surface area contributed by atoms with Gasteiger partial charge in [-0.2, -0.15) is 0 Å². The van der Waals surface area contributed by atoms with E-state index in [0.717, 1.165) is 17.8 Å². The van der Waals surface area contributed by atoms with Gasteiger partial charge in [-0.1, -0.05) is 6.07 Å². The minimum Gasteiger partial charge on any atom is -0.348 e. The number of urea groups is 1. The number of carbonyl (C=O) groups excluding carboxylic acids is 2. The lowest BCUT2D eigenvalue weighted by Crippen LogP contribution is -2.37. The van der Waals surface area contributed by atoms with Crippen LogP contribution in [0.4, 0.5) is 4.79 Å². The van der Waals surface area contributed by atoms with Crippen LogP contribution >= 0.6 is 0 Å². The molecule has 3 aromatic rings. The Morgan fingerprint density at radius 3 is 2.86 bits per heavy atom. The molecule has 9 heteroatoms. The van der Waals surface area contributed by atoms with Crippen LogP contribution < -0.4 is 5.32 Å². The van der Waals surface area contributed by atoms with Crippen LogP contribution in [0.5, 0.6) is 0 Å². The van der Waals surface area contributed by atoms with Crippen molar-refractivity contribution in [3.63, 3.8) is 0 Å². The summed E-state index contributed by atoms with van der Waals surface area (Å²) in [4.78, 5) is 32.2. The van der Waals surface area contributed by atoms with Gasteiger partial charge < -0.3 is 15.1 Å². The summed E-state index contributed by atoms with van der Waals surface area (Å²) in [5.74, 6) is 0.685. The molecule has 1 N–H and O–H groups in total. The van der Waals surface area contributed by atoms with Gasteiger partial charge in [-0.05, 0) is 30.2 Å². The summed E-state index contributed by atoms with van der Waals surface area (Å²) in [5.41, 5.74) is 2.14. The second-order valence-electron chi connectivity index (χ2n) is 7.36. The number of fused-ring (bicyclic) bond motifs is 1. The third-order valence-corrected chi connectivity index (χ3v) is 5.07. The number of hydrogen-bond acceptors (Lipinski definition) is 5. The maximum Gasteiger partial charge on any atom is 0.319 e. The van der Waals surface area contributed by atoms with Gasteiger partial charge in [-0.3, -0.25) is 14.2 Å². The number of likely N-dealkylation sites (tertiary alicyclic amines) is 1. The van der Waals surface area contributed by atoms with Crippen molar-refractivity contribution in [2.75, 3.05) is 27.2 Å². The van der Waals surface area contributed by atoms with Crippen LogP contribution in [0.3, 0.4) is 0 Å². The number of amides is 3. The molecule has 0 radical (unpaired) electrons. The Balaban J connectivity index is 1.51. The third kappa shape index (κ3) is 3.89. The van der Waals surface area contributed by atoms with Gasteiger partial charge in [-0.15, -0.1) is 10.2 Å². The Morgan fingerprint density at radius 2 is 2.10 bits per heavy atom. The maximum absolute atomic E-state index is 12.6. The normalized spacial score (nSPS) is 16.2. The van der Waals surface area contributed by atoms with Crippen LogP contribution in [-0.4, -0.2) is 68.5 Å². The highest BCUT2D eigenvalue weighted by atomic mass is 16.2. The highest BCUT2D eigenvalue weighted by Gasteiger charge is 2.31. The van der Waals surface area contributed by atoms with Crippen LogP contribution in [-0.2, 0) is 6.54 Å². The highest BCUT2D eigenvalue weighted by Crippen LogP contribution is 2.27. The molecule has 150 valence electrons. The van der Waals surface area contributed by atoms with Gasteiger partial charge in [0, 0.05) is 58.2 Å². The van der Waals surface area contributed by atoms with E-state index >= 15 is 0 Å².